The molecule has 0 aliphatic carbocycles. The fourth-order valence-electron chi connectivity index (χ4n) is 2.42. The Kier molecular flexibility index (Phi) is 7.52. The summed E-state index contributed by atoms with van der Waals surface area (Å²) in [5.74, 6) is -0.651. The van der Waals surface area contributed by atoms with Gasteiger partial charge in [0.15, 0.2) is 5.11 Å². The molecular formula is C17H23N3O4S2. The van der Waals surface area contributed by atoms with Crippen molar-refractivity contribution in [1.29, 1.82) is 0 Å². The number of carbonyl (C=O) groups is 3. The van der Waals surface area contributed by atoms with E-state index in [9.17, 15) is 14.4 Å². The van der Waals surface area contributed by atoms with Crippen molar-refractivity contribution >= 4 is 46.5 Å². The van der Waals surface area contributed by atoms with Gasteiger partial charge in [0, 0.05) is 13.1 Å². The number of hydrogen-bond acceptors (Lipinski definition) is 6. The first-order valence-electron chi connectivity index (χ1n) is 8.47. The highest BCUT2D eigenvalue weighted by Crippen LogP contribution is 2.13. The normalized spacial score (nSPS) is 17.0. The van der Waals surface area contributed by atoms with E-state index in [2.05, 4.69) is 10.6 Å². The highest BCUT2D eigenvalue weighted by atomic mass is 32.1. The number of nitrogens with zero attached hydrogens (tertiary/aromatic N) is 1. The molecule has 1 aliphatic rings. The molecule has 142 valence electrons. The van der Waals surface area contributed by atoms with Gasteiger partial charge in [-0.15, -0.1) is 11.3 Å². The van der Waals surface area contributed by atoms with Gasteiger partial charge >= 0.3 is 5.97 Å². The van der Waals surface area contributed by atoms with E-state index in [0.717, 1.165) is 6.42 Å². The van der Waals surface area contributed by atoms with E-state index in [0.29, 0.717) is 30.5 Å². The van der Waals surface area contributed by atoms with Crippen LogP contribution in [0, 0.1) is 5.92 Å². The zero-order valence-corrected chi connectivity index (χ0v) is 16.5. The summed E-state index contributed by atoms with van der Waals surface area (Å²) < 4.78 is 5.20. The van der Waals surface area contributed by atoms with Crippen molar-refractivity contribution in [3.63, 3.8) is 0 Å². The minimum Gasteiger partial charge on any atom is -0.466 e. The molecule has 0 radical (unpaired) electrons. The summed E-state index contributed by atoms with van der Waals surface area (Å²) in [5, 5.41) is 7.28. The second kappa shape index (κ2) is 9.63. The molecule has 1 aromatic heterocycles. The number of esters is 1. The van der Waals surface area contributed by atoms with Crippen molar-refractivity contribution in [2.24, 2.45) is 5.92 Å². The zero-order valence-electron chi connectivity index (χ0n) is 14.8. The van der Waals surface area contributed by atoms with Gasteiger partial charge in [-0.3, -0.25) is 19.7 Å². The van der Waals surface area contributed by atoms with Gasteiger partial charge < -0.3 is 15.0 Å². The van der Waals surface area contributed by atoms with E-state index >= 15 is 0 Å². The van der Waals surface area contributed by atoms with Gasteiger partial charge in [0.1, 0.15) is 6.04 Å². The molecular weight excluding hydrogens is 374 g/mol. The average molecular weight is 398 g/mol. The van der Waals surface area contributed by atoms with Crippen LogP contribution < -0.4 is 10.6 Å². The highest BCUT2D eigenvalue weighted by molar-refractivity contribution is 7.80. The van der Waals surface area contributed by atoms with Crippen LogP contribution in [-0.4, -0.2) is 53.5 Å². The molecule has 0 aromatic carbocycles. The van der Waals surface area contributed by atoms with E-state index in [1.165, 1.54) is 11.3 Å². The number of carbonyl (C=O) groups excluding carboxylic acids is 3. The van der Waals surface area contributed by atoms with Crippen molar-refractivity contribution in [2.45, 2.75) is 32.7 Å². The maximum Gasteiger partial charge on any atom is 0.308 e. The number of piperazine rings is 1. The smallest absolute Gasteiger partial charge is 0.308 e. The molecule has 9 heteroatoms. The summed E-state index contributed by atoms with van der Waals surface area (Å²) in [4.78, 5) is 38.5. The molecule has 2 amide bonds. The van der Waals surface area contributed by atoms with E-state index in [1.54, 1.807) is 22.4 Å². The standard InChI is InChI=1S/C17H23N3O4S2/c1-11(2)5-8-24-14(21)10-12-15(22)18-6-7-20(12)17(25)19-16(23)13-4-3-9-26-13/h3-4,9,11-12H,5-8,10H2,1-2H3,(H,18,22)(H,19,23,25). The monoisotopic (exact) mass is 397 g/mol. The molecule has 1 atom stereocenters. The van der Waals surface area contributed by atoms with Gasteiger partial charge in [0.25, 0.3) is 5.91 Å². The maximum atomic E-state index is 12.2. The molecule has 2 heterocycles. The summed E-state index contributed by atoms with van der Waals surface area (Å²) in [7, 11) is 0. The summed E-state index contributed by atoms with van der Waals surface area (Å²) in [6.07, 6.45) is 0.653. The predicted octanol–water partition coefficient (Wildman–Crippen LogP) is 1.54. The van der Waals surface area contributed by atoms with Crippen molar-refractivity contribution in [3.05, 3.63) is 22.4 Å². The molecule has 1 saturated heterocycles. The first kappa shape index (κ1) is 20.3. The van der Waals surface area contributed by atoms with Crippen LogP contribution in [0.25, 0.3) is 0 Å². The van der Waals surface area contributed by atoms with Gasteiger partial charge in [-0.1, -0.05) is 19.9 Å². The molecule has 2 rings (SSSR count). The van der Waals surface area contributed by atoms with Crippen molar-refractivity contribution in [3.8, 4) is 0 Å². The fourth-order valence-corrected chi connectivity index (χ4v) is 3.35. The van der Waals surface area contributed by atoms with Crippen LogP contribution in [0.15, 0.2) is 17.5 Å². The predicted molar refractivity (Wildman–Crippen MR) is 103 cm³/mol. The van der Waals surface area contributed by atoms with Crippen LogP contribution in [0.4, 0.5) is 0 Å². The number of ether oxygens (including phenoxy) is 1. The third kappa shape index (κ3) is 5.77. The summed E-state index contributed by atoms with van der Waals surface area (Å²) in [6, 6.07) is 2.67. The van der Waals surface area contributed by atoms with Crippen LogP contribution in [-0.2, 0) is 14.3 Å². The topological polar surface area (TPSA) is 87.7 Å². The third-order valence-electron chi connectivity index (χ3n) is 3.88. The van der Waals surface area contributed by atoms with E-state index in [1.807, 2.05) is 13.8 Å². The van der Waals surface area contributed by atoms with Crippen LogP contribution in [0.1, 0.15) is 36.4 Å². The number of rotatable bonds is 6. The van der Waals surface area contributed by atoms with Crippen LogP contribution in [0.5, 0.6) is 0 Å². The molecule has 0 spiro atoms. The molecule has 0 bridgehead atoms. The Morgan fingerprint density at radius 3 is 2.92 bits per heavy atom. The first-order valence-corrected chi connectivity index (χ1v) is 9.76. The lowest BCUT2D eigenvalue weighted by molar-refractivity contribution is -0.147. The Hall–Kier alpha value is -2.00. The van der Waals surface area contributed by atoms with E-state index in [4.69, 9.17) is 17.0 Å². The highest BCUT2D eigenvalue weighted by Gasteiger charge is 2.34. The minimum absolute atomic E-state index is 0.112. The number of thiocarbonyl (C=S) groups is 1. The molecule has 26 heavy (non-hydrogen) atoms. The van der Waals surface area contributed by atoms with Gasteiger partial charge in [0.2, 0.25) is 5.91 Å². The lowest BCUT2D eigenvalue weighted by Crippen LogP contribution is -2.60. The quantitative estimate of drug-likeness (QED) is 0.559. The van der Waals surface area contributed by atoms with Gasteiger partial charge in [0.05, 0.1) is 17.9 Å². The number of amides is 2. The summed E-state index contributed by atoms with van der Waals surface area (Å²) in [6.45, 7) is 5.22. The van der Waals surface area contributed by atoms with E-state index in [-0.39, 0.29) is 23.3 Å². The first-order chi connectivity index (χ1) is 12.4. The Labute approximate surface area is 162 Å². The van der Waals surface area contributed by atoms with Gasteiger partial charge in [-0.2, -0.15) is 0 Å². The fraction of sp³-hybridized carbons (Fsp3) is 0.529. The molecule has 2 N–H and O–H groups in total. The minimum atomic E-state index is -0.786. The van der Waals surface area contributed by atoms with Gasteiger partial charge in [-0.25, -0.2) is 0 Å². The lowest BCUT2D eigenvalue weighted by Gasteiger charge is -2.36. The maximum absolute atomic E-state index is 12.2. The number of thiophene rings is 1. The molecule has 1 fully saturated rings. The van der Waals surface area contributed by atoms with Gasteiger partial charge in [-0.05, 0) is 36.0 Å². The largest absolute Gasteiger partial charge is 0.466 e. The SMILES string of the molecule is CC(C)CCOC(=O)CC1C(=O)NCCN1C(=S)NC(=O)c1cccs1. The third-order valence-corrected chi connectivity index (χ3v) is 5.08. The van der Waals surface area contributed by atoms with Crippen molar-refractivity contribution < 1.29 is 19.1 Å². The molecule has 7 nitrogen and oxygen atoms in total. The Balaban J connectivity index is 1.95. The zero-order chi connectivity index (χ0) is 19.1. The van der Waals surface area contributed by atoms with Crippen molar-refractivity contribution in [2.75, 3.05) is 19.7 Å². The van der Waals surface area contributed by atoms with Crippen LogP contribution >= 0.6 is 23.6 Å². The van der Waals surface area contributed by atoms with Crippen molar-refractivity contribution in [1.82, 2.24) is 15.5 Å². The summed E-state index contributed by atoms with van der Waals surface area (Å²) >= 11 is 6.59. The van der Waals surface area contributed by atoms with E-state index < -0.39 is 12.0 Å². The second-order valence-corrected chi connectivity index (χ2v) is 7.68. The average Bonchev–Trinajstić information content (AvgIpc) is 3.11. The molecule has 1 aromatic rings. The van der Waals surface area contributed by atoms with Crippen LogP contribution in [0.2, 0.25) is 0 Å². The Morgan fingerprint density at radius 2 is 2.27 bits per heavy atom. The lowest BCUT2D eigenvalue weighted by atomic mass is 10.1. The molecule has 0 saturated carbocycles. The number of nitrogens with one attached hydrogen (secondary N) is 2. The Morgan fingerprint density at radius 1 is 1.50 bits per heavy atom. The van der Waals surface area contributed by atoms with Crippen LogP contribution in [0.3, 0.4) is 0 Å². The number of hydrogen-bond donors (Lipinski definition) is 2. The molecule has 1 aliphatic heterocycles. The molecule has 1 unspecified atom stereocenters. The second-order valence-electron chi connectivity index (χ2n) is 6.34. The Bertz CT molecular complexity index is 661. The summed E-state index contributed by atoms with van der Waals surface area (Å²) in [5.41, 5.74) is 0.